The Morgan fingerprint density at radius 3 is 2.45 bits per heavy atom. The second kappa shape index (κ2) is 9.30. The van der Waals surface area contributed by atoms with Gasteiger partial charge in [0.05, 0.1) is 32.5 Å². The Kier molecular flexibility index (Phi) is 6.57. The summed E-state index contributed by atoms with van der Waals surface area (Å²) in [4.78, 5) is 13.0. The Hall–Kier alpha value is -3.25. The second-order valence-corrected chi connectivity index (χ2v) is 6.43. The van der Waals surface area contributed by atoms with Crippen LogP contribution in [0, 0.1) is 0 Å². The summed E-state index contributed by atoms with van der Waals surface area (Å²) in [5, 5.41) is 15.1. The maximum atomic E-state index is 13.0. The molecule has 1 unspecified atom stereocenters. The molecule has 6 heteroatoms. The molecule has 29 heavy (non-hydrogen) atoms. The van der Waals surface area contributed by atoms with Crippen LogP contribution in [0.1, 0.15) is 28.9 Å². The number of aliphatic hydroxyl groups excluding tert-OH is 1. The predicted octanol–water partition coefficient (Wildman–Crippen LogP) is 3.72. The molecule has 0 aromatic heterocycles. The van der Waals surface area contributed by atoms with Gasteiger partial charge in [-0.15, -0.1) is 0 Å². The summed E-state index contributed by atoms with van der Waals surface area (Å²) < 4.78 is 16.1. The van der Waals surface area contributed by atoms with Crippen molar-refractivity contribution in [1.82, 2.24) is 5.32 Å². The molecule has 1 amide bonds. The number of carbonyl (C=O) groups excluding carboxylic acids is 1. The number of hydrogen-bond acceptors (Lipinski definition) is 5. The van der Waals surface area contributed by atoms with Crippen LogP contribution in [0.5, 0.6) is 17.2 Å². The fourth-order valence-corrected chi connectivity index (χ4v) is 3.22. The van der Waals surface area contributed by atoms with Gasteiger partial charge in [0.25, 0.3) is 5.91 Å². The number of nitrogens with one attached hydrogen (secondary N) is 1. The Morgan fingerprint density at radius 2 is 1.72 bits per heavy atom. The summed E-state index contributed by atoms with van der Waals surface area (Å²) in [6.07, 6.45) is -0.899. The fourth-order valence-electron chi connectivity index (χ4n) is 3.22. The van der Waals surface area contributed by atoms with Crippen molar-refractivity contribution >= 4 is 16.7 Å². The average molecular weight is 395 g/mol. The molecule has 3 aromatic carbocycles. The zero-order chi connectivity index (χ0) is 20.8. The zero-order valence-electron chi connectivity index (χ0n) is 16.8. The van der Waals surface area contributed by atoms with Crippen LogP contribution < -0.4 is 19.5 Å². The Labute approximate surface area is 170 Å². The molecule has 0 aliphatic heterocycles. The third-order valence-corrected chi connectivity index (χ3v) is 4.67. The van der Waals surface area contributed by atoms with Gasteiger partial charge in [-0.2, -0.15) is 0 Å². The van der Waals surface area contributed by atoms with E-state index in [1.807, 2.05) is 37.3 Å². The molecular formula is C23H25NO5. The van der Waals surface area contributed by atoms with Crippen molar-refractivity contribution < 1.29 is 24.1 Å². The molecule has 152 valence electrons. The first kappa shape index (κ1) is 20.5. The van der Waals surface area contributed by atoms with E-state index >= 15 is 0 Å². The van der Waals surface area contributed by atoms with Crippen molar-refractivity contribution in [3.8, 4) is 17.2 Å². The first-order chi connectivity index (χ1) is 14.1. The summed E-state index contributed by atoms with van der Waals surface area (Å²) in [5.74, 6) is 1.31. The summed E-state index contributed by atoms with van der Waals surface area (Å²) in [5.41, 5.74) is 1.08. The number of benzene rings is 3. The fraction of sp³-hybridized carbons (Fsp3) is 0.261. The largest absolute Gasteiger partial charge is 0.493 e. The summed E-state index contributed by atoms with van der Waals surface area (Å²) in [6.45, 7) is 2.37. The molecule has 6 nitrogen and oxygen atoms in total. The maximum absolute atomic E-state index is 13.0. The van der Waals surface area contributed by atoms with Gasteiger partial charge in [-0.05, 0) is 41.5 Å². The Bertz CT molecular complexity index is 1000. The Balaban J connectivity index is 1.81. The van der Waals surface area contributed by atoms with Gasteiger partial charge in [-0.25, -0.2) is 0 Å². The zero-order valence-corrected chi connectivity index (χ0v) is 16.8. The van der Waals surface area contributed by atoms with Crippen LogP contribution in [0.2, 0.25) is 0 Å². The number of methoxy groups -OCH3 is 2. The van der Waals surface area contributed by atoms with E-state index < -0.39 is 6.10 Å². The van der Waals surface area contributed by atoms with E-state index in [4.69, 9.17) is 14.2 Å². The van der Waals surface area contributed by atoms with Crippen LogP contribution in [-0.4, -0.2) is 38.4 Å². The molecule has 0 aliphatic carbocycles. The molecule has 1 atom stereocenters. The van der Waals surface area contributed by atoms with Crippen LogP contribution in [0.15, 0.2) is 54.6 Å². The highest BCUT2D eigenvalue weighted by atomic mass is 16.5. The minimum absolute atomic E-state index is 0.0447. The lowest BCUT2D eigenvalue weighted by Crippen LogP contribution is -2.29. The van der Waals surface area contributed by atoms with Crippen molar-refractivity contribution in [3.63, 3.8) is 0 Å². The molecule has 3 aromatic rings. The number of fused-ring (bicyclic) bond motifs is 1. The van der Waals surface area contributed by atoms with E-state index in [-0.39, 0.29) is 12.5 Å². The maximum Gasteiger partial charge on any atom is 0.255 e. The van der Waals surface area contributed by atoms with E-state index in [0.29, 0.717) is 35.0 Å². The normalized spacial score (nSPS) is 11.7. The number of hydrogen-bond donors (Lipinski definition) is 2. The molecule has 0 bridgehead atoms. The highest BCUT2D eigenvalue weighted by molar-refractivity contribution is 6.09. The van der Waals surface area contributed by atoms with Crippen LogP contribution in [0.4, 0.5) is 0 Å². The third kappa shape index (κ3) is 4.43. The molecule has 0 saturated heterocycles. The lowest BCUT2D eigenvalue weighted by atomic mass is 10.0. The van der Waals surface area contributed by atoms with Gasteiger partial charge >= 0.3 is 0 Å². The predicted molar refractivity (Wildman–Crippen MR) is 112 cm³/mol. The van der Waals surface area contributed by atoms with Gasteiger partial charge in [0, 0.05) is 6.54 Å². The monoisotopic (exact) mass is 395 g/mol. The van der Waals surface area contributed by atoms with Crippen molar-refractivity contribution in [2.45, 2.75) is 13.0 Å². The van der Waals surface area contributed by atoms with Gasteiger partial charge in [0.1, 0.15) is 5.75 Å². The van der Waals surface area contributed by atoms with E-state index in [2.05, 4.69) is 5.32 Å². The van der Waals surface area contributed by atoms with Crippen molar-refractivity contribution in [3.05, 3.63) is 65.7 Å². The number of carbonyl (C=O) groups is 1. The number of rotatable bonds is 8. The number of ether oxygens (including phenoxy) is 3. The lowest BCUT2D eigenvalue weighted by molar-refractivity contribution is 0.0914. The highest BCUT2D eigenvalue weighted by Gasteiger charge is 2.18. The molecular weight excluding hydrogens is 370 g/mol. The minimum Gasteiger partial charge on any atom is -0.493 e. The topological polar surface area (TPSA) is 77.0 Å². The van der Waals surface area contributed by atoms with Crippen molar-refractivity contribution in [1.29, 1.82) is 0 Å². The van der Waals surface area contributed by atoms with Gasteiger partial charge in [0.2, 0.25) is 0 Å². The highest BCUT2D eigenvalue weighted by Crippen LogP contribution is 2.31. The van der Waals surface area contributed by atoms with E-state index in [1.54, 1.807) is 31.4 Å². The van der Waals surface area contributed by atoms with Crippen LogP contribution in [0.3, 0.4) is 0 Å². The SMILES string of the molecule is CCOc1ccc2ccccc2c1C(=O)NCC(O)c1ccc(OC)c(OC)c1. The first-order valence-electron chi connectivity index (χ1n) is 9.41. The van der Waals surface area contributed by atoms with Gasteiger partial charge in [-0.3, -0.25) is 4.79 Å². The third-order valence-electron chi connectivity index (χ3n) is 4.67. The molecule has 3 rings (SSSR count). The molecule has 2 N–H and O–H groups in total. The summed E-state index contributed by atoms with van der Waals surface area (Å²) >= 11 is 0. The van der Waals surface area contributed by atoms with Crippen LogP contribution in [-0.2, 0) is 0 Å². The number of amides is 1. The van der Waals surface area contributed by atoms with E-state index in [9.17, 15) is 9.90 Å². The molecule has 0 fully saturated rings. The van der Waals surface area contributed by atoms with E-state index in [1.165, 1.54) is 7.11 Å². The lowest BCUT2D eigenvalue weighted by Gasteiger charge is -2.17. The van der Waals surface area contributed by atoms with Crippen molar-refractivity contribution in [2.75, 3.05) is 27.4 Å². The van der Waals surface area contributed by atoms with Gasteiger partial charge < -0.3 is 24.6 Å². The summed E-state index contributed by atoms with van der Waals surface area (Å²) in [7, 11) is 3.08. The molecule has 0 heterocycles. The summed E-state index contributed by atoms with van der Waals surface area (Å²) in [6, 6.07) is 16.5. The average Bonchev–Trinajstić information content (AvgIpc) is 2.76. The molecule has 0 radical (unpaired) electrons. The van der Waals surface area contributed by atoms with E-state index in [0.717, 1.165) is 10.8 Å². The smallest absolute Gasteiger partial charge is 0.255 e. The Morgan fingerprint density at radius 1 is 1.00 bits per heavy atom. The van der Waals surface area contributed by atoms with Crippen LogP contribution >= 0.6 is 0 Å². The molecule has 0 saturated carbocycles. The molecule has 0 aliphatic rings. The quantitative estimate of drug-likeness (QED) is 0.608. The standard InChI is InChI=1S/C23H25NO5/c1-4-29-20-12-9-15-7-5-6-8-17(15)22(20)23(26)24-14-18(25)16-10-11-19(27-2)21(13-16)28-3/h5-13,18,25H,4,14H2,1-3H3,(H,24,26). The number of aliphatic hydroxyl groups is 1. The second-order valence-electron chi connectivity index (χ2n) is 6.43. The minimum atomic E-state index is -0.899. The van der Waals surface area contributed by atoms with Crippen LogP contribution in [0.25, 0.3) is 10.8 Å². The van der Waals surface area contributed by atoms with Gasteiger partial charge in [0.15, 0.2) is 11.5 Å². The van der Waals surface area contributed by atoms with Gasteiger partial charge in [-0.1, -0.05) is 36.4 Å². The first-order valence-corrected chi connectivity index (χ1v) is 9.41. The van der Waals surface area contributed by atoms with Crippen molar-refractivity contribution in [2.24, 2.45) is 0 Å². The molecule has 0 spiro atoms.